The zero-order valence-electron chi connectivity index (χ0n) is 8.99. The number of benzene rings is 1. The van der Waals surface area contributed by atoms with Gasteiger partial charge in [-0.2, -0.15) is 0 Å². The van der Waals surface area contributed by atoms with Gasteiger partial charge in [-0.25, -0.2) is 5.43 Å². The van der Waals surface area contributed by atoms with Crippen molar-refractivity contribution in [1.29, 1.82) is 0 Å². The van der Waals surface area contributed by atoms with Crippen molar-refractivity contribution in [3.05, 3.63) is 18.2 Å². The molecule has 1 fully saturated rings. The summed E-state index contributed by atoms with van der Waals surface area (Å²) in [6.07, 6.45) is 0.115. The topological polar surface area (TPSA) is 122 Å². The second kappa shape index (κ2) is 4.30. The van der Waals surface area contributed by atoms with Gasteiger partial charge in [0, 0.05) is 11.4 Å². The monoisotopic (exact) mass is 235 g/mol. The Morgan fingerprint density at radius 1 is 1.18 bits per heavy atom. The summed E-state index contributed by atoms with van der Waals surface area (Å²) in [7, 11) is 0. The normalized spacial score (nSPS) is 19.2. The molecule has 1 aliphatic rings. The average Bonchev–Trinajstić information content (AvgIpc) is 2.53. The molecule has 2 amide bonds. The molecule has 0 bridgehead atoms. The minimum Gasteiger partial charge on any atom is -0.399 e. The molecule has 1 unspecified atom stereocenters. The molecule has 1 heterocycles. The van der Waals surface area contributed by atoms with Gasteiger partial charge in [0.1, 0.15) is 6.04 Å². The third-order valence-electron chi connectivity index (χ3n) is 2.34. The lowest BCUT2D eigenvalue weighted by Crippen LogP contribution is -2.39. The van der Waals surface area contributed by atoms with Crippen LogP contribution in [-0.2, 0) is 9.59 Å². The molecule has 7 N–H and O–H groups in total. The number of hydrazine groups is 1. The highest BCUT2D eigenvalue weighted by atomic mass is 16.2. The number of hydrogen-bond donors (Lipinski definition) is 5. The molecule has 7 nitrogen and oxygen atoms in total. The lowest BCUT2D eigenvalue weighted by molar-refractivity contribution is -0.125. The highest BCUT2D eigenvalue weighted by molar-refractivity contribution is 6.05. The van der Waals surface area contributed by atoms with Gasteiger partial charge in [-0.15, -0.1) is 0 Å². The summed E-state index contributed by atoms with van der Waals surface area (Å²) in [5.74, 6) is -0.638. The van der Waals surface area contributed by atoms with Gasteiger partial charge in [-0.05, 0) is 18.2 Å². The smallest absolute Gasteiger partial charge is 0.246 e. The number of nitrogens with one attached hydrogen (secondary N) is 3. The molecule has 1 aromatic carbocycles. The number of hydrogen-bond acceptors (Lipinski definition) is 6. The van der Waals surface area contributed by atoms with Gasteiger partial charge < -0.3 is 16.9 Å². The number of carbonyl (C=O) groups excluding carboxylic acids is 2. The average molecular weight is 235 g/mol. The molecule has 0 radical (unpaired) electrons. The molecule has 0 spiro atoms. The fourth-order valence-electron chi connectivity index (χ4n) is 1.59. The van der Waals surface area contributed by atoms with Crippen LogP contribution < -0.4 is 27.6 Å². The fourth-order valence-corrected chi connectivity index (χ4v) is 1.59. The van der Waals surface area contributed by atoms with Gasteiger partial charge in [0.05, 0.1) is 12.1 Å². The molecule has 17 heavy (non-hydrogen) atoms. The van der Waals surface area contributed by atoms with Gasteiger partial charge in [-0.3, -0.25) is 14.9 Å². The number of anilines is 3. The minimum atomic E-state index is -0.579. The molecule has 90 valence electrons. The second-order valence-corrected chi connectivity index (χ2v) is 3.83. The van der Waals surface area contributed by atoms with Crippen molar-refractivity contribution in [1.82, 2.24) is 10.7 Å². The second-order valence-electron chi connectivity index (χ2n) is 3.83. The third kappa shape index (κ3) is 2.64. The molecule has 1 aliphatic heterocycles. The minimum absolute atomic E-state index is 0.115. The molecule has 1 saturated heterocycles. The molecule has 0 saturated carbocycles. The van der Waals surface area contributed by atoms with Crippen molar-refractivity contribution in [2.75, 3.05) is 16.9 Å². The Hall–Kier alpha value is -2.28. The quantitative estimate of drug-likeness (QED) is 0.265. The molecule has 2 rings (SSSR count). The largest absolute Gasteiger partial charge is 0.399 e. The van der Waals surface area contributed by atoms with Crippen LogP contribution in [0.25, 0.3) is 0 Å². The number of nitrogen functional groups attached to an aromatic ring is 2. The zero-order chi connectivity index (χ0) is 12.4. The SMILES string of the molecule is Nc1cc(N)cc(NNC2CC(=O)NC2=O)c1. The molecule has 1 atom stereocenters. The molecular weight excluding hydrogens is 222 g/mol. The summed E-state index contributed by atoms with van der Waals surface area (Å²) in [5, 5.41) is 2.20. The zero-order valence-corrected chi connectivity index (χ0v) is 8.99. The van der Waals surface area contributed by atoms with Crippen molar-refractivity contribution in [3.8, 4) is 0 Å². The Balaban J connectivity index is 1.98. The van der Waals surface area contributed by atoms with E-state index in [4.69, 9.17) is 11.5 Å². The van der Waals surface area contributed by atoms with Crippen molar-refractivity contribution in [2.24, 2.45) is 0 Å². The van der Waals surface area contributed by atoms with Crippen LogP contribution in [0.1, 0.15) is 6.42 Å². The first kappa shape index (κ1) is 11.2. The predicted molar refractivity (Wildman–Crippen MR) is 63.6 cm³/mol. The van der Waals surface area contributed by atoms with E-state index in [1.165, 1.54) is 0 Å². The maximum atomic E-state index is 11.3. The van der Waals surface area contributed by atoms with Crippen molar-refractivity contribution in [3.63, 3.8) is 0 Å². The van der Waals surface area contributed by atoms with E-state index in [-0.39, 0.29) is 18.2 Å². The fraction of sp³-hybridized carbons (Fsp3) is 0.200. The van der Waals surface area contributed by atoms with Crippen molar-refractivity contribution >= 4 is 28.9 Å². The van der Waals surface area contributed by atoms with Crippen LogP contribution in [-0.4, -0.2) is 17.9 Å². The molecule has 1 aromatic rings. The van der Waals surface area contributed by atoms with Gasteiger partial charge >= 0.3 is 0 Å². The van der Waals surface area contributed by atoms with E-state index in [1.807, 2.05) is 0 Å². The standard InChI is InChI=1S/C10H13N5O2/c11-5-1-6(12)3-7(2-5)14-15-8-4-9(16)13-10(8)17/h1-3,8,14-15H,4,11-12H2,(H,13,16,17). The lowest BCUT2D eigenvalue weighted by Gasteiger charge is -2.12. The van der Waals surface area contributed by atoms with Crippen LogP contribution in [0.5, 0.6) is 0 Å². The van der Waals surface area contributed by atoms with E-state index in [9.17, 15) is 9.59 Å². The number of nitrogens with two attached hydrogens (primary N) is 2. The Morgan fingerprint density at radius 3 is 2.35 bits per heavy atom. The molecule has 7 heteroatoms. The van der Waals surface area contributed by atoms with Crippen LogP contribution in [0.2, 0.25) is 0 Å². The van der Waals surface area contributed by atoms with Crippen molar-refractivity contribution in [2.45, 2.75) is 12.5 Å². The summed E-state index contributed by atoms with van der Waals surface area (Å²) in [6.45, 7) is 0. The Morgan fingerprint density at radius 2 is 1.82 bits per heavy atom. The van der Waals surface area contributed by atoms with Crippen LogP contribution >= 0.6 is 0 Å². The highest BCUT2D eigenvalue weighted by Crippen LogP contribution is 2.17. The number of imide groups is 1. The summed E-state index contributed by atoms with van der Waals surface area (Å²) >= 11 is 0. The Labute approximate surface area is 97.5 Å². The predicted octanol–water partition coefficient (Wildman–Crippen LogP) is -0.817. The van der Waals surface area contributed by atoms with Crippen LogP contribution in [0.3, 0.4) is 0 Å². The maximum Gasteiger partial charge on any atom is 0.246 e. The van der Waals surface area contributed by atoms with Gasteiger partial charge in [0.25, 0.3) is 0 Å². The highest BCUT2D eigenvalue weighted by Gasteiger charge is 2.30. The third-order valence-corrected chi connectivity index (χ3v) is 2.34. The van der Waals surface area contributed by atoms with E-state index in [0.29, 0.717) is 17.1 Å². The Kier molecular flexibility index (Phi) is 2.84. The van der Waals surface area contributed by atoms with Crippen LogP contribution in [0.15, 0.2) is 18.2 Å². The first-order valence-corrected chi connectivity index (χ1v) is 5.06. The maximum absolute atomic E-state index is 11.3. The first-order valence-electron chi connectivity index (χ1n) is 5.06. The molecule has 0 aromatic heterocycles. The van der Waals surface area contributed by atoms with E-state index in [0.717, 1.165) is 0 Å². The number of carbonyl (C=O) groups is 2. The van der Waals surface area contributed by atoms with Crippen LogP contribution in [0, 0.1) is 0 Å². The van der Waals surface area contributed by atoms with Crippen molar-refractivity contribution < 1.29 is 9.59 Å². The van der Waals surface area contributed by atoms with Gasteiger partial charge in [0.15, 0.2) is 0 Å². The number of amides is 2. The van der Waals surface area contributed by atoms with Gasteiger partial charge in [-0.1, -0.05) is 0 Å². The van der Waals surface area contributed by atoms with E-state index in [2.05, 4.69) is 16.2 Å². The van der Waals surface area contributed by atoms with Gasteiger partial charge in [0.2, 0.25) is 11.8 Å². The summed E-state index contributed by atoms with van der Waals surface area (Å²) in [4.78, 5) is 22.2. The lowest BCUT2D eigenvalue weighted by atomic mass is 10.2. The first-order chi connectivity index (χ1) is 8.04. The molecular formula is C10H13N5O2. The van der Waals surface area contributed by atoms with E-state index < -0.39 is 6.04 Å². The number of rotatable bonds is 3. The van der Waals surface area contributed by atoms with Crippen LogP contribution in [0.4, 0.5) is 17.1 Å². The van der Waals surface area contributed by atoms with E-state index in [1.54, 1.807) is 18.2 Å². The summed E-state index contributed by atoms with van der Waals surface area (Å²) in [5.41, 5.74) is 18.4. The summed E-state index contributed by atoms with van der Waals surface area (Å²) < 4.78 is 0. The Bertz CT molecular complexity index is 454. The molecule has 0 aliphatic carbocycles. The van der Waals surface area contributed by atoms with E-state index >= 15 is 0 Å². The summed E-state index contributed by atoms with van der Waals surface area (Å²) in [6, 6.07) is 4.37.